The van der Waals surface area contributed by atoms with E-state index < -0.39 is 29.5 Å². The summed E-state index contributed by atoms with van der Waals surface area (Å²) in [6, 6.07) is 4.71. The normalized spacial score (nSPS) is 12.6. The Morgan fingerprint density at radius 3 is 2.57 bits per heavy atom. The predicted molar refractivity (Wildman–Crippen MR) is 69.1 cm³/mol. The van der Waals surface area contributed by atoms with Crippen LogP contribution in [0.2, 0.25) is 0 Å². The third kappa shape index (κ3) is 5.45. The molecular formula is C14H16F3NO3. The molecule has 0 aromatic heterocycles. The molecule has 1 rings (SSSR count). The fraction of sp³-hybridized carbons (Fsp3) is 0.429. The summed E-state index contributed by atoms with van der Waals surface area (Å²) in [7, 11) is 1.22. The zero-order valence-electron chi connectivity index (χ0n) is 11.7. The molecule has 0 bridgehead atoms. The van der Waals surface area contributed by atoms with Gasteiger partial charge < -0.3 is 10.1 Å². The van der Waals surface area contributed by atoms with Crippen LogP contribution in [0.15, 0.2) is 24.3 Å². The smallest absolute Gasteiger partial charge is 0.416 e. The van der Waals surface area contributed by atoms with Crippen molar-refractivity contribution in [2.24, 2.45) is 5.92 Å². The molecule has 0 aliphatic carbocycles. The van der Waals surface area contributed by atoms with Gasteiger partial charge in [-0.1, -0.05) is 19.1 Å². The van der Waals surface area contributed by atoms with Crippen molar-refractivity contribution in [2.45, 2.75) is 26.1 Å². The van der Waals surface area contributed by atoms with E-state index in [1.807, 2.05) is 0 Å². The van der Waals surface area contributed by atoms with Crippen LogP contribution < -0.4 is 5.32 Å². The fourth-order valence-corrected chi connectivity index (χ4v) is 1.65. The third-order valence-electron chi connectivity index (χ3n) is 2.87. The maximum absolute atomic E-state index is 12.5. The summed E-state index contributed by atoms with van der Waals surface area (Å²) in [6.07, 6.45) is -4.50. The molecule has 21 heavy (non-hydrogen) atoms. The molecule has 0 saturated carbocycles. The maximum atomic E-state index is 12.5. The highest BCUT2D eigenvalue weighted by molar-refractivity contribution is 5.83. The second-order valence-corrected chi connectivity index (χ2v) is 4.60. The van der Waals surface area contributed by atoms with E-state index in [1.54, 1.807) is 6.92 Å². The fourth-order valence-electron chi connectivity index (χ4n) is 1.65. The standard InChI is InChI=1S/C14H16F3NO3/c1-9(6-12(19)21-2)13(20)18-8-10-4-3-5-11(7-10)14(15,16)17/h3-5,7,9H,6,8H2,1-2H3,(H,18,20). The minimum Gasteiger partial charge on any atom is -0.469 e. The van der Waals surface area contributed by atoms with Crippen molar-refractivity contribution in [3.8, 4) is 0 Å². The first-order chi connectivity index (χ1) is 9.74. The number of esters is 1. The molecule has 0 fully saturated rings. The van der Waals surface area contributed by atoms with Crippen molar-refractivity contribution in [1.29, 1.82) is 0 Å². The van der Waals surface area contributed by atoms with Crippen LogP contribution in [-0.2, 0) is 27.0 Å². The van der Waals surface area contributed by atoms with Crippen molar-refractivity contribution in [3.05, 3.63) is 35.4 Å². The van der Waals surface area contributed by atoms with Gasteiger partial charge in [0.25, 0.3) is 0 Å². The number of methoxy groups -OCH3 is 1. The van der Waals surface area contributed by atoms with Gasteiger partial charge in [-0.15, -0.1) is 0 Å². The average Bonchev–Trinajstić information content (AvgIpc) is 2.43. The second kappa shape index (κ2) is 7.10. The Labute approximate surface area is 120 Å². The predicted octanol–water partition coefficient (Wildman–Crippen LogP) is 2.52. The molecule has 7 heteroatoms. The van der Waals surface area contributed by atoms with Crippen molar-refractivity contribution >= 4 is 11.9 Å². The van der Waals surface area contributed by atoms with Crippen molar-refractivity contribution in [1.82, 2.24) is 5.32 Å². The monoisotopic (exact) mass is 303 g/mol. The van der Waals surface area contributed by atoms with E-state index in [0.717, 1.165) is 12.1 Å². The molecule has 0 aliphatic heterocycles. The van der Waals surface area contributed by atoms with Crippen molar-refractivity contribution < 1.29 is 27.5 Å². The zero-order valence-corrected chi connectivity index (χ0v) is 11.7. The van der Waals surface area contributed by atoms with Crippen molar-refractivity contribution in [2.75, 3.05) is 7.11 Å². The van der Waals surface area contributed by atoms with E-state index in [0.29, 0.717) is 5.56 Å². The Hall–Kier alpha value is -2.05. The number of ether oxygens (including phenoxy) is 1. The molecule has 1 amide bonds. The zero-order chi connectivity index (χ0) is 16.0. The van der Waals surface area contributed by atoms with Gasteiger partial charge in [0.15, 0.2) is 0 Å². The molecule has 0 saturated heterocycles. The molecule has 0 spiro atoms. The Bertz CT molecular complexity index is 514. The summed E-state index contributed by atoms with van der Waals surface area (Å²) < 4.78 is 42.1. The topological polar surface area (TPSA) is 55.4 Å². The van der Waals surface area contributed by atoms with E-state index in [9.17, 15) is 22.8 Å². The summed E-state index contributed by atoms with van der Waals surface area (Å²) in [5.74, 6) is -1.54. The number of benzene rings is 1. The van der Waals surface area contributed by atoms with Gasteiger partial charge in [-0.2, -0.15) is 13.2 Å². The Kier molecular flexibility index (Phi) is 5.75. The molecule has 0 radical (unpaired) electrons. The van der Waals surface area contributed by atoms with Gasteiger partial charge >= 0.3 is 12.1 Å². The third-order valence-corrected chi connectivity index (χ3v) is 2.87. The van der Waals surface area contributed by atoms with Gasteiger partial charge in [0, 0.05) is 12.5 Å². The number of carbonyl (C=O) groups is 2. The van der Waals surface area contributed by atoms with Gasteiger partial charge in [0.05, 0.1) is 19.1 Å². The lowest BCUT2D eigenvalue weighted by molar-refractivity contribution is -0.144. The number of hydrogen-bond donors (Lipinski definition) is 1. The lowest BCUT2D eigenvalue weighted by atomic mass is 10.1. The van der Waals surface area contributed by atoms with Crippen molar-refractivity contribution in [3.63, 3.8) is 0 Å². The SMILES string of the molecule is COC(=O)CC(C)C(=O)NCc1cccc(C(F)(F)F)c1. The van der Waals surface area contributed by atoms with Crippen LogP contribution >= 0.6 is 0 Å². The van der Waals surface area contributed by atoms with Crippen LogP contribution in [0.25, 0.3) is 0 Å². The van der Waals surface area contributed by atoms with Crippen LogP contribution in [0.1, 0.15) is 24.5 Å². The number of carbonyl (C=O) groups excluding carboxylic acids is 2. The molecule has 0 heterocycles. The molecule has 1 aromatic rings. The van der Waals surface area contributed by atoms with Crippen LogP contribution in [0, 0.1) is 5.92 Å². The summed E-state index contributed by atoms with van der Waals surface area (Å²) in [5.41, 5.74) is -0.430. The lowest BCUT2D eigenvalue weighted by Gasteiger charge is -2.12. The van der Waals surface area contributed by atoms with Gasteiger partial charge in [0.1, 0.15) is 0 Å². The number of nitrogens with one attached hydrogen (secondary N) is 1. The summed E-state index contributed by atoms with van der Waals surface area (Å²) >= 11 is 0. The van der Waals surface area contributed by atoms with E-state index >= 15 is 0 Å². The molecule has 4 nitrogen and oxygen atoms in total. The minimum atomic E-state index is -4.42. The Morgan fingerprint density at radius 2 is 2.00 bits per heavy atom. The molecule has 1 atom stereocenters. The van der Waals surface area contributed by atoms with E-state index in [4.69, 9.17) is 0 Å². The van der Waals surface area contributed by atoms with E-state index in [-0.39, 0.29) is 13.0 Å². The van der Waals surface area contributed by atoms with Gasteiger partial charge in [-0.25, -0.2) is 0 Å². The molecule has 0 aliphatic rings. The molecule has 116 valence electrons. The highest BCUT2D eigenvalue weighted by Crippen LogP contribution is 2.29. The first kappa shape index (κ1) is 17.0. The van der Waals surface area contributed by atoms with Crippen LogP contribution in [0.5, 0.6) is 0 Å². The minimum absolute atomic E-state index is 0.0335. The summed E-state index contributed by atoms with van der Waals surface area (Å²) in [6.45, 7) is 1.51. The number of hydrogen-bond acceptors (Lipinski definition) is 3. The lowest BCUT2D eigenvalue weighted by Crippen LogP contribution is -2.30. The van der Waals surface area contributed by atoms with Crippen LogP contribution in [0.4, 0.5) is 13.2 Å². The maximum Gasteiger partial charge on any atom is 0.416 e. The quantitative estimate of drug-likeness (QED) is 0.850. The molecule has 1 aromatic carbocycles. The van der Waals surface area contributed by atoms with Crippen LogP contribution in [0.3, 0.4) is 0 Å². The Balaban J connectivity index is 2.59. The van der Waals surface area contributed by atoms with E-state index in [1.165, 1.54) is 19.2 Å². The average molecular weight is 303 g/mol. The van der Waals surface area contributed by atoms with E-state index in [2.05, 4.69) is 10.1 Å². The number of amides is 1. The number of halogens is 3. The largest absolute Gasteiger partial charge is 0.469 e. The first-order valence-electron chi connectivity index (χ1n) is 6.24. The highest BCUT2D eigenvalue weighted by Gasteiger charge is 2.30. The Morgan fingerprint density at radius 1 is 1.33 bits per heavy atom. The first-order valence-corrected chi connectivity index (χ1v) is 6.24. The summed E-state index contributed by atoms with van der Waals surface area (Å²) in [5, 5.41) is 2.49. The van der Waals surface area contributed by atoms with Gasteiger partial charge in [0.2, 0.25) is 5.91 Å². The molecular weight excluding hydrogens is 287 g/mol. The van der Waals surface area contributed by atoms with Crippen LogP contribution in [-0.4, -0.2) is 19.0 Å². The molecule has 1 unspecified atom stereocenters. The number of alkyl halides is 3. The van der Waals surface area contributed by atoms with Gasteiger partial charge in [-0.05, 0) is 17.7 Å². The highest BCUT2D eigenvalue weighted by atomic mass is 19.4. The second-order valence-electron chi connectivity index (χ2n) is 4.60. The molecule has 1 N–H and O–H groups in total. The number of rotatable bonds is 5. The summed E-state index contributed by atoms with van der Waals surface area (Å²) in [4.78, 5) is 22.7. The van der Waals surface area contributed by atoms with Gasteiger partial charge in [-0.3, -0.25) is 9.59 Å².